The van der Waals surface area contributed by atoms with Gasteiger partial charge in [0, 0.05) is 11.1 Å². The van der Waals surface area contributed by atoms with E-state index < -0.39 is 46.8 Å². The number of thioether (sulfide) groups is 1. The molecule has 6 nitrogen and oxygen atoms in total. The van der Waals surface area contributed by atoms with Gasteiger partial charge >= 0.3 is 18.1 Å². The van der Waals surface area contributed by atoms with Crippen molar-refractivity contribution in [3.8, 4) is 0 Å². The molecular weight excluding hydrogens is 385 g/mol. The highest BCUT2D eigenvalue weighted by Gasteiger charge is 2.59. The number of carboxylic acid groups (broad SMARTS) is 1. The quantitative estimate of drug-likeness (QED) is 0.456. The summed E-state index contributed by atoms with van der Waals surface area (Å²) in [6, 6.07) is 3.91. The van der Waals surface area contributed by atoms with Crippen LogP contribution >= 0.6 is 11.8 Å². The number of alkyl halides is 5. The van der Waals surface area contributed by atoms with Gasteiger partial charge in [-0.15, -0.1) is 5.10 Å². The van der Waals surface area contributed by atoms with Crippen LogP contribution in [0, 0.1) is 0 Å². The number of amides is 1. The van der Waals surface area contributed by atoms with Gasteiger partial charge in [-0.1, -0.05) is 36.0 Å². The number of hydrogen-bond acceptors (Lipinski definition) is 5. The Morgan fingerprint density at radius 1 is 1.27 bits per heavy atom. The Bertz CT molecular complexity index is 779. The summed E-state index contributed by atoms with van der Waals surface area (Å²) in [5.74, 6) is -6.90. The standard InChI is InChI=1S/C14H10F5N3O3S/c15-13(16,14(17,18)19)8-4-2-1-3-7(8)6-20-22-12-21-11(25)9(26-12)5-10(23)24/h1-4,6,9H,5H2,(H,23,24)(H,21,22,25). The number of aliphatic carboxylic acids is 1. The smallest absolute Gasteiger partial charge is 0.458 e. The van der Waals surface area contributed by atoms with Crippen molar-refractivity contribution in [3.05, 3.63) is 35.4 Å². The van der Waals surface area contributed by atoms with Crippen molar-refractivity contribution >= 4 is 35.0 Å². The minimum Gasteiger partial charge on any atom is -0.481 e. The fourth-order valence-electron chi connectivity index (χ4n) is 1.94. The zero-order chi connectivity index (χ0) is 19.5. The van der Waals surface area contributed by atoms with Crippen LogP contribution in [0.5, 0.6) is 0 Å². The molecule has 0 radical (unpaired) electrons. The Morgan fingerprint density at radius 2 is 1.92 bits per heavy atom. The minimum absolute atomic E-state index is 0.0856. The number of nitrogens with zero attached hydrogens (tertiary/aromatic N) is 2. The maximum absolute atomic E-state index is 13.5. The molecule has 1 saturated heterocycles. The minimum atomic E-state index is -5.78. The van der Waals surface area contributed by atoms with E-state index in [1.807, 2.05) is 0 Å². The molecule has 1 aromatic carbocycles. The number of nitrogens with one attached hydrogen (secondary N) is 1. The molecule has 140 valence electrons. The third kappa shape index (κ3) is 4.36. The molecule has 1 aliphatic heterocycles. The first-order valence-corrected chi connectivity index (χ1v) is 7.74. The molecule has 2 rings (SSSR count). The number of amidine groups is 1. The number of carbonyl (C=O) groups excluding carboxylic acids is 1. The molecule has 0 aliphatic carbocycles. The normalized spacial score (nSPS) is 20.0. The lowest BCUT2D eigenvalue weighted by Gasteiger charge is -2.21. The van der Waals surface area contributed by atoms with E-state index in [1.54, 1.807) is 0 Å². The van der Waals surface area contributed by atoms with E-state index >= 15 is 0 Å². The lowest BCUT2D eigenvalue weighted by Crippen LogP contribution is -2.34. The van der Waals surface area contributed by atoms with E-state index in [1.165, 1.54) is 6.07 Å². The molecule has 1 heterocycles. The zero-order valence-electron chi connectivity index (χ0n) is 12.6. The van der Waals surface area contributed by atoms with E-state index in [4.69, 9.17) is 5.11 Å². The van der Waals surface area contributed by atoms with E-state index in [0.29, 0.717) is 12.3 Å². The summed E-state index contributed by atoms with van der Waals surface area (Å²) < 4.78 is 64.7. The van der Waals surface area contributed by atoms with Crippen molar-refractivity contribution in [2.24, 2.45) is 10.2 Å². The maximum Gasteiger partial charge on any atom is 0.458 e. The van der Waals surface area contributed by atoms with Crippen molar-refractivity contribution in [1.29, 1.82) is 0 Å². The molecule has 1 fully saturated rings. The highest BCUT2D eigenvalue weighted by atomic mass is 32.2. The Hall–Kier alpha value is -2.50. The van der Waals surface area contributed by atoms with Gasteiger partial charge in [0.05, 0.1) is 12.6 Å². The SMILES string of the molecule is O=C(O)CC1SC(=NN=Cc2ccccc2C(F)(F)C(F)(F)F)NC1=O. The first-order chi connectivity index (χ1) is 12.0. The van der Waals surface area contributed by atoms with Gasteiger partial charge in [0.15, 0.2) is 5.17 Å². The number of halogens is 5. The monoisotopic (exact) mass is 395 g/mol. The summed E-state index contributed by atoms with van der Waals surface area (Å²) in [5, 5.41) is 16.8. The van der Waals surface area contributed by atoms with Crippen LogP contribution < -0.4 is 5.32 Å². The van der Waals surface area contributed by atoms with Crippen LogP contribution in [-0.4, -0.2) is 39.8 Å². The van der Waals surface area contributed by atoms with E-state index in [0.717, 1.165) is 23.9 Å². The number of benzene rings is 1. The second kappa shape index (κ2) is 7.40. The first-order valence-electron chi connectivity index (χ1n) is 6.86. The highest BCUT2D eigenvalue weighted by Crippen LogP contribution is 2.44. The van der Waals surface area contributed by atoms with Gasteiger partial charge in [0.25, 0.3) is 0 Å². The molecule has 1 aliphatic rings. The number of hydrogen-bond donors (Lipinski definition) is 2. The van der Waals surface area contributed by atoms with Crippen molar-refractivity contribution in [1.82, 2.24) is 5.32 Å². The predicted molar refractivity (Wildman–Crippen MR) is 83.2 cm³/mol. The molecule has 1 aromatic rings. The fraction of sp³-hybridized carbons (Fsp3) is 0.286. The second-order valence-corrected chi connectivity index (χ2v) is 6.19. The lowest BCUT2D eigenvalue weighted by molar-refractivity contribution is -0.289. The number of rotatable bonds is 5. The van der Waals surface area contributed by atoms with E-state index in [9.17, 15) is 31.5 Å². The highest BCUT2D eigenvalue weighted by molar-refractivity contribution is 8.15. The molecule has 1 unspecified atom stereocenters. The summed E-state index contributed by atoms with van der Waals surface area (Å²) in [7, 11) is 0. The van der Waals surface area contributed by atoms with Crippen LogP contribution in [0.4, 0.5) is 22.0 Å². The molecule has 26 heavy (non-hydrogen) atoms. The van der Waals surface area contributed by atoms with Gasteiger partial charge < -0.3 is 10.4 Å². The maximum atomic E-state index is 13.5. The topological polar surface area (TPSA) is 91.1 Å². The van der Waals surface area contributed by atoms with Crippen LogP contribution in [-0.2, 0) is 15.5 Å². The van der Waals surface area contributed by atoms with Crippen LogP contribution in [0.1, 0.15) is 17.5 Å². The molecule has 12 heteroatoms. The summed E-state index contributed by atoms with van der Waals surface area (Å²) in [6.07, 6.45) is -5.54. The van der Waals surface area contributed by atoms with Crippen molar-refractivity contribution in [2.75, 3.05) is 0 Å². The van der Waals surface area contributed by atoms with Crippen LogP contribution in [0.2, 0.25) is 0 Å². The van der Waals surface area contributed by atoms with Gasteiger partial charge in [-0.3, -0.25) is 9.59 Å². The Morgan fingerprint density at radius 3 is 2.54 bits per heavy atom. The van der Waals surface area contributed by atoms with Gasteiger partial charge in [0.2, 0.25) is 5.91 Å². The molecule has 1 amide bonds. The van der Waals surface area contributed by atoms with E-state index in [2.05, 4.69) is 15.5 Å². The first kappa shape index (κ1) is 19.8. The Labute approximate surface area is 147 Å². The summed E-state index contributed by atoms with van der Waals surface area (Å²) in [5.41, 5.74) is -1.79. The Kier molecular flexibility index (Phi) is 5.64. The summed E-state index contributed by atoms with van der Waals surface area (Å²) in [4.78, 5) is 22.1. The molecule has 0 bridgehead atoms. The van der Waals surface area contributed by atoms with Crippen LogP contribution in [0.3, 0.4) is 0 Å². The number of carbonyl (C=O) groups is 2. The van der Waals surface area contributed by atoms with Gasteiger partial charge in [-0.25, -0.2) is 0 Å². The molecule has 0 aromatic heterocycles. The van der Waals surface area contributed by atoms with Gasteiger partial charge in [-0.05, 0) is 0 Å². The third-order valence-corrected chi connectivity index (χ3v) is 4.21. The zero-order valence-corrected chi connectivity index (χ0v) is 13.4. The third-order valence-electron chi connectivity index (χ3n) is 3.14. The molecule has 0 spiro atoms. The molecular formula is C14H10F5N3O3S. The lowest BCUT2D eigenvalue weighted by atomic mass is 10.0. The van der Waals surface area contributed by atoms with Crippen LogP contribution in [0.25, 0.3) is 0 Å². The van der Waals surface area contributed by atoms with Crippen molar-refractivity contribution < 1.29 is 36.6 Å². The van der Waals surface area contributed by atoms with E-state index in [-0.39, 0.29) is 5.17 Å². The Balaban J connectivity index is 2.20. The van der Waals surface area contributed by atoms with Gasteiger partial charge in [-0.2, -0.15) is 27.1 Å². The van der Waals surface area contributed by atoms with Gasteiger partial charge in [0.1, 0.15) is 5.25 Å². The molecule has 2 N–H and O–H groups in total. The molecule has 0 saturated carbocycles. The van der Waals surface area contributed by atoms with Crippen molar-refractivity contribution in [3.63, 3.8) is 0 Å². The van der Waals surface area contributed by atoms with Crippen LogP contribution in [0.15, 0.2) is 34.5 Å². The largest absolute Gasteiger partial charge is 0.481 e. The average molecular weight is 395 g/mol. The predicted octanol–water partition coefficient (Wildman–Crippen LogP) is 2.74. The van der Waals surface area contributed by atoms with Crippen molar-refractivity contribution in [2.45, 2.75) is 23.8 Å². The summed E-state index contributed by atoms with van der Waals surface area (Å²) in [6.45, 7) is 0. The number of carboxylic acids is 1. The fourth-order valence-corrected chi connectivity index (χ4v) is 2.85. The second-order valence-electron chi connectivity index (χ2n) is 5.00. The summed E-state index contributed by atoms with van der Waals surface area (Å²) >= 11 is 0.763. The average Bonchev–Trinajstić information content (AvgIpc) is 2.85. The molecule has 1 atom stereocenters.